The second kappa shape index (κ2) is 8.97. The van der Waals surface area contributed by atoms with Crippen LogP contribution in [-0.4, -0.2) is 6.04 Å². The average molecular weight is 549 g/mol. The van der Waals surface area contributed by atoms with Crippen LogP contribution in [0, 0.1) is 6.92 Å². The summed E-state index contributed by atoms with van der Waals surface area (Å²) in [6.45, 7) is 6.70. The first kappa shape index (κ1) is 24.0. The van der Waals surface area contributed by atoms with Crippen molar-refractivity contribution >= 4 is 30.7 Å². The molecule has 1 unspecified atom stereocenters. The van der Waals surface area contributed by atoms with Crippen LogP contribution in [0.25, 0.3) is 16.7 Å². The summed E-state index contributed by atoms with van der Waals surface area (Å²) >= 11 is 5.30. The van der Waals surface area contributed by atoms with Gasteiger partial charge >= 0.3 is 162 Å². The Bertz CT molecular complexity index is 894. The van der Waals surface area contributed by atoms with Crippen LogP contribution in [0.15, 0.2) is 53.6 Å². The third-order valence-electron chi connectivity index (χ3n) is 5.01. The number of nitrogens with zero attached hydrogens (tertiary/aromatic N) is 1. The largest absolute Gasteiger partial charge is 1.00 e. The summed E-state index contributed by atoms with van der Waals surface area (Å²) in [6.07, 6.45) is 2.37. The Balaban J connectivity index is 0.00000113. The summed E-state index contributed by atoms with van der Waals surface area (Å²) < 4.78 is 3.74. The standard InChI is InChI=1S/C20H17BrN.3ClH.Zr/c1-12-9-18-17-11-16(15-7-5-4-6-8-15)13(2)10-19(17)22(21)20(18)14(12)3;;;;/h4-10,20H,1-3H3;3*1H;/q;;;;+3/p-3. The molecule has 1 heterocycles. The Morgan fingerprint density at radius 3 is 2.19 bits per heavy atom. The van der Waals surface area contributed by atoms with Crippen molar-refractivity contribution in [1.29, 1.82) is 0 Å². The van der Waals surface area contributed by atoms with E-state index < -0.39 is 0 Å². The molecular formula is C20H17BrCl3NZr. The van der Waals surface area contributed by atoms with E-state index in [2.05, 4.69) is 83.3 Å². The summed E-state index contributed by atoms with van der Waals surface area (Å²) in [4.78, 5) is 0. The second-order valence-electron chi connectivity index (χ2n) is 6.38. The van der Waals surface area contributed by atoms with Gasteiger partial charge in [0.05, 0.1) is 0 Å². The molecule has 1 nitrogen and oxygen atoms in total. The minimum atomic E-state index is 0. The molecule has 1 atom stereocenters. The molecule has 26 heavy (non-hydrogen) atoms. The normalized spacial score (nSPS) is 16.9. The number of allylic oxidation sites excluding steroid dienone is 2. The Hall–Kier alpha value is -0.0469. The number of rotatable bonds is 1. The Kier molecular flexibility index (Phi) is 8.28. The van der Waals surface area contributed by atoms with Crippen molar-refractivity contribution in [3.63, 3.8) is 0 Å². The Labute approximate surface area is 197 Å². The van der Waals surface area contributed by atoms with Crippen LogP contribution < -0.4 is 44.4 Å². The van der Waals surface area contributed by atoms with Crippen molar-refractivity contribution in [2.75, 3.05) is 3.93 Å². The first-order chi connectivity index (χ1) is 11.0. The number of hydrogen-bond acceptors (Lipinski definition) is 1. The van der Waals surface area contributed by atoms with Crippen LogP contribution in [-0.2, 0) is 24.7 Å². The molecule has 0 bridgehead atoms. The number of aryl methyl sites for hydroxylation is 1. The average Bonchev–Trinajstić information content (AvgIpc) is 2.96. The first-order valence-corrected chi connectivity index (χ1v) is 9.73. The smallest absolute Gasteiger partial charge is 1.00 e. The zero-order valence-electron chi connectivity index (χ0n) is 14.6. The minimum absolute atomic E-state index is 0. The van der Waals surface area contributed by atoms with Crippen molar-refractivity contribution in [1.82, 2.24) is 0 Å². The predicted octanol–water partition coefficient (Wildman–Crippen LogP) is -3.92. The second-order valence-corrected chi connectivity index (χ2v) is 8.38. The van der Waals surface area contributed by atoms with Crippen LogP contribution in [0.5, 0.6) is 0 Å². The fourth-order valence-corrected chi connectivity index (χ4v) is 6.07. The number of halogens is 4. The number of fused-ring (bicyclic) bond motifs is 3. The monoisotopic (exact) mass is 545 g/mol. The fourth-order valence-electron chi connectivity index (χ4n) is 3.75. The summed E-state index contributed by atoms with van der Waals surface area (Å²) in [6, 6.07) is 13.5. The molecule has 0 spiro atoms. The summed E-state index contributed by atoms with van der Waals surface area (Å²) in [5.41, 5.74) is 11.1. The van der Waals surface area contributed by atoms with Gasteiger partial charge in [-0.15, -0.1) is 0 Å². The molecule has 0 aromatic heterocycles. The zero-order valence-corrected chi connectivity index (χ0v) is 20.9. The van der Waals surface area contributed by atoms with Crippen LogP contribution >= 0.6 is 16.1 Å². The van der Waals surface area contributed by atoms with E-state index >= 15 is 0 Å². The van der Waals surface area contributed by atoms with Gasteiger partial charge in [0.1, 0.15) is 0 Å². The first-order valence-electron chi connectivity index (χ1n) is 7.79. The molecule has 1 aliphatic heterocycles. The molecular weight excluding hydrogens is 532 g/mol. The van der Waals surface area contributed by atoms with Crippen molar-refractivity contribution in [3.8, 4) is 11.1 Å². The fraction of sp³-hybridized carbons (Fsp3) is 0.200. The third kappa shape index (κ3) is 3.51. The van der Waals surface area contributed by atoms with Crippen LogP contribution in [0.1, 0.15) is 25.0 Å². The number of anilines is 1. The molecule has 1 aliphatic carbocycles. The van der Waals surface area contributed by atoms with Crippen molar-refractivity contribution in [2.24, 2.45) is 0 Å². The van der Waals surface area contributed by atoms with Gasteiger partial charge in [-0.1, -0.05) is 0 Å². The van der Waals surface area contributed by atoms with Gasteiger partial charge in [-0.2, -0.15) is 0 Å². The van der Waals surface area contributed by atoms with E-state index in [1.807, 2.05) is 0 Å². The van der Waals surface area contributed by atoms with E-state index in [1.165, 1.54) is 72.7 Å². The molecule has 0 radical (unpaired) electrons. The predicted molar refractivity (Wildman–Crippen MR) is 97.8 cm³/mol. The van der Waals surface area contributed by atoms with E-state index in [0.29, 0.717) is 6.04 Å². The van der Waals surface area contributed by atoms with Gasteiger partial charge in [-0.05, 0) is 0 Å². The third-order valence-corrected chi connectivity index (χ3v) is 7.03. The molecule has 2 aromatic carbocycles. The minimum Gasteiger partial charge on any atom is -1.00 e. The van der Waals surface area contributed by atoms with Crippen molar-refractivity contribution in [2.45, 2.75) is 26.8 Å². The maximum absolute atomic E-state index is 3.83. The van der Waals surface area contributed by atoms with Crippen LogP contribution in [0.2, 0.25) is 0 Å². The topological polar surface area (TPSA) is 3.24 Å². The van der Waals surface area contributed by atoms with Crippen molar-refractivity contribution in [3.05, 3.63) is 64.7 Å². The summed E-state index contributed by atoms with van der Waals surface area (Å²) in [5.74, 6) is 0. The van der Waals surface area contributed by atoms with E-state index in [-0.39, 0.29) is 37.2 Å². The molecule has 0 N–H and O–H groups in total. The zero-order chi connectivity index (χ0) is 16.3. The molecule has 0 fully saturated rings. The maximum Gasteiger partial charge on any atom is -1.00 e. The van der Waals surface area contributed by atoms with E-state index in [1.54, 1.807) is 0 Å². The quantitative estimate of drug-likeness (QED) is 0.330. The van der Waals surface area contributed by atoms with E-state index in [0.717, 1.165) is 0 Å². The van der Waals surface area contributed by atoms with Crippen LogP contribution in [0.4, 0.5) is 5.69 Å². The van der Waals surface area contributed by atoms with Crippen LogP contribution in [0.3, 0.4) is 0 Å². The molecule has 6 heteroatoms. The van der Waals surface area contributed by atoms with E-state index in [4.69, 9.17) is 0 Å². The molecule has 0 saturated carbocycles. The summed E-state index contributed by atoms with van der Waals surface area (Å²) in [5, 5.41) is 0. The van der Waals surface area contributed by atoms with Gasteiger partial charge < -0.3 is 37.2 Å². The van der Waals surface area contributed by atoms with Crippen molar-refractivity contribution < 1.29 is 61.9 Å². The summed E-state index contributed by atoms with van der Waals surface area (Å²) in [7, 11) is 0. The Morgan fingerprint density at radius 1 is 0.962 bits per heavy atom. The molecule has 2 aromatic rings. The molecule has 4 rings (SSSR count). The molecule has 0 saturated heterocycles. The molecule has 2 aliphatic rings. The van der Waals surface area contributed by atoms with Gasteiger partial charge in [0, 0.05) is 0 Å². The molecule has 0 amide bonds. The van der Waals surface area contributed by atoms with Gasteiger partial charge in [0.2, 0.25) is 0 Å². The number of hydrogen-bond donors (Lipinski definition) is 0. The van der Waals surface area contributed by atoms with Gasteiger partial charge in [0.15, 0.2) is 0 Å². The van der Waals surface area contributed by atoms with Gasteiger partial charge in [-0.25, -0.2) is 0 Å². The van der Waals surface area contributed by atoms with Gasteiger partial charge in [-0.3, -0.25) is 0 Å². The maximum atomic E-state index is 3.83. The number of benzene rings is 2. The van der Waals surface area contributed by atoms with E-state index in [9.17, 15) is 0 Å². The Morgan fingerprint density at radius 2 is 1.58 bits per heavy atom. The SMILES string of the molecule is CC1=C(C)C2C(=C1)c1c(cc(C)c(-c3ccccc3)[c]1[Zr+3])N2Br.[Cl-].[Cl-].[Cl-]. The molecule has 134 valence electrons. The van der Waals surface area contributed by atoms with Gasteiger partial charge in [0.25, 0.3) is 0 Å².